The minimum absolute atomic E-state index is 0.0204. The van der Waals surface area contributed by atoms with Gasteiger partial charge in [0.2, 0.25) is 5.91 Å². The van der Waals surface area contributed by atoms with Crippen LogP contribution in [0.1, 0.15) is 27.2 Å². The molecule has 0 fully saturated rings. The molecule has 2 aromatic carbocycles. The fraction of sp³-hybridized carbons (Fsp3) is 0.391. The van der Waals surface area contributed by atoms with Gasteiger partial charge in [0.05, 0.1) is 0 Å². The standard InChI is InChI=1S/C23H32N4O2/c1-4-27(20-14-9-6-10-15-20)17-11-16-24-22(28)21(18(2)3)26-23(29)25-19-12-7-5-8-13-19/h5-10,12-15,18,21H,4,11,16-17H2,1-3H3,(H,24,28)(H2,25,26,29). The van der Waals surface area contributed by atoms with E-state index in [1.54, 1.807) is 12.1 Å². The average molecular weight is 397 g/mol. The van der Waals surface area contributed by atoms with Crippen LogP contribution in [0.2, 0.25) is 0 Å². The number of carbonyl (C=O) groups excluding carboxylic acids is 2. The van der Waals surface area contributed by atoms with Crippen molar-refractivity contribution in [2.45, 2.75) is 33.2 Å². The Bertz CT molecular complexity index is 750. The molecule has 0 spiro atoms. The number of para-hydroxylation sites is 2. The molecule has 0 aromatic heterocycles. The molecule has 1 unspecified atom stereocenters. The zero-order chi connectivity index (χ0) is 21.1. The topological polar surface area (TPSA) is 73.5 Å². The van der Waals surface area contributed by atoms with Crippen molar-refractivity contribution in [2.75, 3.05) is 29.9 Å². The van der Waals surface area contributed by atoms with Crippen molar-refractivity contribution < 1.29 is 9.59 Å². The normalized spacial score (nSPS) is 11.6. The first kappa shape index (κ1) is 22.3. The van der Waals surface area contributed by atoms with Gasteiger partial charge in [-0.15, -0.1) is 0 Å². The van der Waals surface area contributed by atoms with Gasteiger partial charge < -0.3 is 20.9 Å². The second-order valence-corrected chi connectivity index (χ2v) is 7.25. The molecule has 0 radical (unpaired) electrons. The highest BCUT2D eigenvalue weighted by molar-refractivity contribution is 5.93. The van der Waals surface area contributed by atoms with Gasteiger partial charge in [0.15, 0.2) is 0 Å². The summed E-state index contributed by atoms with van der Waals surface area (Å²) in [7, 11) is 0. The zero-order valence-electron chi connectivity index (χ0n) is 17.5. The van der Waals surface area contributed by atoms with Gasteiger partial charge in [-0.1, -0.05) is 50.2 Å². The predicted octanol–water partition coefficient (Wildman–Crippen LogP) is 3.87. The maximum atomic E-state index is 12.6. The van der Waals surface area contributed by atoms with Crippen molar-refractivity contribution in [3.05, 3.63) is 60.7 Å². The van der Waals surface area contributed by atoms with E-state index < -0.39 is 6.04 Å². The number of hydrogen-bond acceptors (Lipinski definition) is 3. The van der Waals surface area contributed by atoms with Crippen LogP contribution in [0.5, 0.6) is 0 Å². The smallest absolute Gasteiger partial charge is 0.319 e. The van der Waals surface area contributed by atoms with Crippen molar-refractivity contribution >= 4 is 23.3 Å². The summed E-state index contributed by atoms with van der Waals surface area (Å²) in [4.78, 5) is 27.1. The molecule has 156 valence electrons. The lowest BCUT2D eigenvalue weighted by molar-refractivity contribution is -0.123. The van der Waals surface area contributed by atoms with E-state index in [9.17, 15) is 9.59 Å². The summed E-state index contributed by atoms with van der Waals surface area (Å²) >= 11 is 0. The maximum absolute atomic E-state index is 12.6. The minimum atomic E-state index is -0.588. The summed E-state index contributed by atoms with van der Waals surface area (Å²) in [6.07, 6.45) is 0.829. The Labute approximate surface area is 173 Å². The third-order valence-corrected chi connectivity index (χ3v) is 4.67. The van der Waals surface area contributed by atoms with E-state index in [4.69, 9.17) is 0 Å². The molecule has 0 saturated carbocycles. The molecule has 2 aromatic rings. The van der Waals surface area contributed by atoms with Crippen LogP contribution in [-0.2, 0) is 4.79 Å². The molecule has 0 aliphatic heterocycles. The zero-order valence-corrected chi connectivity index (χ0v) is 17.5. The number of hydrogen-bond donors (Lipinski definition) is 3. The third-order valence-electron chi connectivity index (χ3n) is 4.67. The van der Waals surface area contributed by atoms with Gasteiger partial charge in [-0.3, -0.25) is 4.79 Å². The van der Waals surface area contributed by atoms with E-state index in [-0.39, 0.29) is 17.9 Å². The summed E-state index contributed by atoms with van der Waals surface area (Å²) in [5.41, 5.74) is 1.87. The number of anilines is 2. The SMILES string of the molecule is CCN(CCCNC(=O)C(NC(=O)Nc1ccccc1)C(C)C)c1ccccc1. The lowest BCUT2D eigenvalue weighted by Crippen LogP contribution is -2.51. The molecule has 3 N–H and O–H groups in total. The average Bonchev–Trinajstić information content (AvgIpc) is 2.73. The number of rotatable bonds is 10. The molecular weight excluding hydrogens is 364 g/mol. The molecule has 6 nitrogen and oxygen atoms in total. The van der Waals surface area contributed by atoms with Crippen LogP contribution >= 0.6 is 0 Å². The minimum Gasteiger partial charge on any atom is -0.372 e. The van der Waals surface area contributed by atoms with Gasteiger partial charge in [0, 0.05) is 31.0 Å². The Morgan fingerprint density at radius 2 is 1.59 bits per heavy atom. The highest BCUT2D eigenvalue weighted by Crippen LogP contribution is 2.13. The molecule has 6 heteroatoms. The van der Waals surface area contributed by atoms with E-state index in [2.05, 4.69) is 39.9 Å². The number of nitrogens with one attached hydrogen (secondary N) is 3. The number of urea groups is 1. The van der Waals surface area contributed by atoms with E-state index in [0.29, 0.717) is 12.2 Å². The van der Waals surface area contributed by atoms with Crippen molar-refractivity contribution in [1.82, 2.24) is 10.6 Å². The molecule has 0 aliphatic rings. The van der Waals surface area contributed by atoms with Crippen LogP contribution in [0.4, 0.5) is 16.2 Å². The monoisotopic (exact) mass is 396 g/mol. The summed E-state index contributed by atoms with van der Waals surface area (Å²) in [6, 6.07) is 18.4. The summed E-state index contributed by atoms with van der Waals surface area (Å²) in [5, 5.41) is 8.49. The van der Waals surface area contributed by atoms with Crippen LogP contribution in [0.15, 0.2) is 60.7 Å². The maximum Gasteiger partial charge on any atom is 0.319 e. The Balaban J connectivity index is 1.79. The molecule has 3 amide bonds. The van der Waals surface area contributed by atoms with Crippen LogP contribution in [-0.4, -0.2) is 37.6 Å². The number of amides is 3. The Morgan fingerprint density at radius 3 is 2.17 bits per heavy atom. The number of benzene rings is 2. The molecule has 0 heterocycles. The van der Waals surface area contributed by atoms with Gasteiger partial charge in [-0.05, 0) is 43.5 Å². The van der Waals surface area contributed by atoms with Crippen LogP contribution < -0.4 is 20.9 Å². The summed E-state index contributed by atoms with van der Waals surface area (Å²) in [5.74, 6) is -0.182. The van der Waals surface area contributed by atoms with Crippen molar-refractivity contribution in [3.8, 4) is 0 Å². The Kier molecular flexibility index (Phi) is 9.02. The van der Waals surface area contributed by atoms with Crippen molar-refractivity contribution in [3.63, 3.8) is 0 Å². The lowest BCUT2D eigenvalue weighted by atomic mass is 10.0. The first-order chi connectivity index (χ1) is 14.0. The van der Waals surface area contributed by atoms with E-state index in [1.165, 1.54) is 5.69 Å². The second-order valence-electron chi connectivity index (χ2n) is 7.25. The fourth-order valence-corrected chi connectivity index (χ4v) is 3.06. The molecule has 0 saturated heterocycles. The first-order valence-corrected chi connectivity index (χ1v) is 10.2. The fourth-order valence-electron chi connectivity index (χ4n) is 3.06. The number of nitrogens with zero attached hydrogens (tertiary/aromatic N) is 1. The van der Waals surface area contributed by atoms with E-state index in [1.807, 2.05) is 50.2 Å². The lowest BCUT2D eigenvalue weighted by Gasteiger charge is -2.24. The molecule has 0 bridgehead atoms. The first-order valence-electron chi connectivity index (χ1n) is 10.2. The van der Waals surface area contributed by atoms with Crippen LogP contribution in [0.25, 0.3) is 0 Å². The largest absolute Gasteiger partial charge is 0.372 e. The van der Waals surface area contributed by atoms with Gasteiger partial charge in [-0.2, -0.15) is 0 Å². The summed E-state index contributed by atoms with van der Waals surface area (Å²) < 4.78 is 0. The summed E-state index contributed by atoms with van der Waals surface area (Å²) in [6.45, 7) is 8.29. The van der Waals surface area contributed by atoms with Gasteiger partial charge in [-0.25, -0.2) is 4.79 Å². The third kappa shape index (κ3) is 7.49. The molecular formula is C23H32N4O2. The highest BCUT2D eigenvalue weighted by atomic mass is 16.2. The molecule has 29 heavy (non-hydrogen) atoms. The van der Waals surface area contributed by atoms with Gasteiger partial charge in [0.1, 0.15) is 6.04 Å². The predicted molar refractivity (Wildman–Crippen MR) is 119 cm³/mol. The van der Waals surface area contributed by atoms with Crippen LogP contribution in [0, 0.1) is 5.92 Å². The molecule has 2 rings (SSSR count). The molecule has 0 aliphatic carbocycles. The highest BCUT2D eigenvalue weighted by Gasteiger charge is 2.23. The Morgan fingerprint density at radius 1 is 0.966 bits per heavy atom. The van der Waals surface area contributed by atoms with Crippen molar-refractivity contribution in [1.29, 1.82) is 0 Å². The molecule has 1 atom stereocenters. The Hall–Kier alpha value is -3.02. The van der Waals surface area contributed by atoms with E-state index in [0.717, 1.165) is 19.5 Å². The van der Waals surface area contributed by atoms with Gasteiger partial charge >= 0.3 is 6.03 Å². The van der Waals surface area contributed by atoms with Crippen molar-refractivity contribution in [2.24, 2.45) is 5.92 Å². The quantitative estimate of drug-likeness (QED) is 0.534. The second kappa shape index (κ2) is 11.7. The van der Waals surface area contributed by atoms with Gasteiger partial charge in [0.25, 0.3) is 0 Å². The number of carbonyl (C=O) groups is 2. The van der Waals surface area contributed by atoms with E-state index >= 15 is 0 Å². The van der Waals surface area contributed by atoms with Crippen LogP contribution in [0.3, 0.4) is 0 Å².